The summed E-state index contributed by atoms with van der Waals surface area (Å²) in [6, 6.07) is 0. The van der Waals surface area contributed by atoms with E-state index < -0.39 is 5.60 Å². The van der Waals surface area contributed by atoms with Crippen molar-refractivity contribution < 1.29 is 10.2 Å². The third kappa shape index (κ3) is 19.2. The van der Waals surface area contributed by atoms with E-state index in [1.807, 2.05) is 26.8 Å². The normalized spacial score (nSPS) is 19.9. The smallest absolute Gasteiger partial charge is 0.0657 e. The Morgan fingerprint density at radius 1 is 0.712 bits per heavy atom. The first kappa shape index (κ1) is 46.3. The maximum absolute atomic E-state index is 10.5. The molecule has 1 rings (SSSR count). The maximum Gasteiger partial charge on any atom is 0.0657 e. The van der Waals surface area contributed by atoms with Gasteiger partial charge in [-0.3, -0.25) is 0 Å². The highest BCUT2D eigenvalue weighted by molar-refractivity contribution is 5.38. The van der Waals surface area contributed by atoms with Gasteiger partial charge in [0.1, 0.15) is 0 Å². The topological polar surface area (TPSA) is 40.5 Å². The number of aliphatic hydroxyl groups excluding tert-OH is 1. The lowest BCUT2D eigenvalue weighted by molar-refractivity contribution is 0.0380. The Balaban J connectivity index is 2.73. The van der Waals surface area contributed by atoms with Gasteiger partial charge in [0.05, 0.1) is 12.2 Å². The summed E-state index contributed by atoms with van der Waals surface area (Å²) < 4.78 is 0. The molecule has 2 N–H and O–H groups in total. The van der Waals surface area contributed by atoms with Crippen LogP contribution >= 0.6 is 0 Å². The first-order valence-electron chi connectivity index (χ1n) is 19.1. The molecule has 284 valence electrons. The van der Waals surface area contributed by atoms with Crippen LogP contribution in [0.3, 0.4) is 0 Å². The van der Waals surface area contributed by atoms with Gasteiger partial charge in [0, 0.05) is 5.92 Å². The summed E-state index contributed by atoms with van der Waals surface area (Å²) in [5.74, 6) is 0.652. The van der Waals surface area contributed by atoms with Crippen LogP contribution in [0.5, 0.6) is 0 Å². The van der Waals surface area contributed by atoms with Gasteiger partial charge in [-0.05, 0) is 119 Å². The van der Waals surface area contributed by atoms with Crippen LogP contribution in [0.25, 0.3) is 0 Å². The standard InChI is InChI=1S/C50H72O2/c1-38(2)27-32-46-35-31-45(9)48(49(46,10)11)36-30-43(7)26-17-22-40(4)20-15-14-19-39(3)21-16-23-41(5)24-18-25-42(6)28-33-47(50(12,13)52)34-29-44(8)37-51/h14-30,33,36,46-47,51-52H,31-32,34-35,37H2,1-13H3/b15-14+,21-16+,22-17+,24-18+,33-28+,36-30+,39-19+,40-20+,41-23+,42-25+,43-26+,44-29+. The summed E-state index contributed by atoms with van der Waals surface area (Å²) in [6.45, 7) is 27.7. The largest absolute Gasteiger partial charge is 0.392 e. The van der Waals surface area contributed by atoms with E-state index in [-0.39, 0.29) is 17.9 Å². The van der Waals surface area contributed by atoms with Gasteiger partial charge in [0.25, 0.3) is 0 Å². The van der Waals surface area contributed by atoms with Crippen molar-refractivity contribution in [3.8, 4) is 0 Å². The van der Waals surface area contributed by atoms with Crippen molar-refractivity contribution in [2.75, 3.05) is 6.61 Å². The van der Waals surface area contributed by atoms with E-state index in [0.29, 0.717) is 12.3 Å². The Kier molecular flexibility index (Phi) is 21.2. The molecule has 0 spiro atoms. The van der Waals surface area contributed by atoms with Crippen molar-refractivity contribution >= 4 is 0 Å². The second-order valence-corrected chi connectivity index (χ2v) is 16.1. The molecule has 0 amide bonds. The monoisotopic (exact) mass is 705 g/mol. The first-order valence-corrected chi connectivity index (χ1v) is 19.1. The molecule has 0 aromatic carbocycles. The molecule has 2 unspecified atom stereocenters. The average Bonchev–Trinajstić information content (AvgIpc) is 3.05. The molecule has 0 aromatic rings. The van der Waals surface area contributed by atoms with Gasteiger partial charge in [-0.1, -0.05) is 174 Å². The third-order valence-electron chi connectivity index (χ3n) is 9.82. The van der Waals surface area contributed by atoms with E-state index in [2.05, 4.69) is 179 Å². The molecule has 0 bridgehead atoms. The predicted molar refractivity (Wildman–Crippen MR) is 232 cm³/mol. The molecule has 0 saturated heterocycles. The quantitative estimate of drug-likeness (QED) is 0.110. The molecule has 52 heavy (non-hydrogen) atoms. The highest BCUT2D eigenvalue weighted by atomic mass is 16.3. The zero-order chi connectivity index (χ0) is 39.3. The number of rotatable bonds is 18. The van der Waals surface area contributed by atoms with Crippen molar-refractivity contribution in [3.05, 3.63) is 166 Å². The van der Waals surface area contributed by atoms with E-state index >= 15 is 0 Å². The van der Waals surface area contributed by atoms with Crippen molar-refractivity contribution in [1.82, 2.24) is 0 Å². The van der Waals surface area contributed by atoms with Gasteiger partial charge >= 0.3 is 0 Å². The van der Waals surface area contributed by atoms with Crippen molar-refractivity contribution in [2.24, 2.45) is 17.3 Å². The van der Waals surface area contributed by atoms with Gasteiger partial charge in [-0.2, -0.15) is 0 Å². The van der Waals surface area contributed by atoms with Gasteiger partial charge in [-0.15, -0.1) is 0 Å². The number of hydrogen-bond acceptors (Lipinski definition) is 2. The minimum atomic E-state index is -0.838. The predicted octanol–water partition coefficient (Wildman–Crippen LogP) is 13.9. The highest BCUT2D eigenvalue weighted by Crippen LogP contribution is 2.47. The summed E-state index contributed by atoms with van der Waals surface area (Å²) in [7, 11) is 0. The fourth-order valence-corrected chi connectivity index (χ4v) is 6.03. The van der Waals surface area contributed by atoms with E-state index in [1.165, 1.54) is 46.3 Å². The molecule has 2 atom stereocenters. The average molecular weight is 705 g/mol. The lowest BCUT2D eigenvalue weighted by Crippen LogP contribution is -2.30. The van der Waals surface area contributed by atoms with Crippen LogP contribution in [-0.4, -0.2) is 22.4 Å². The second-order valence-electron chi connectivity index (χ2n) is 16.1. The van der Waals surface area contributed by atoms with E-state index in [4.69, 9.17) is 0 Å². The summed E-state index contributed by atoms with van der Waals surface area (Å²) in [6.07, 6.45) is 44.9. The van der Waals surface area contributed by atoms with E-state index in [0.717, 1.165) is 23.1 Å². The zero-order valence-electron chi connectivity index (χ0n) is 35.1. The Hall–Kier alpha value is -3.72. The molecule has 1 aliphatic rings. The first-order chi connectivity index (χ1) is 24.4. The number of aliphatic hydroxyl groups is 2. The molecule has 2 nitrogen and oxygen atoms in total. The van der Waals surface area contributed by atoms with E-state index in [9.17, 15) is 10.2 Å². The molecular formula is C50H72O2. The molecular weight excluding hydrogens is 633 g/mol. The molecule has 0 aliphatic heterocycles. The molecule has 0 heterocycles. The van der Waals surface area contributed by atoms with Gasteiger partial charge in [0.2, 0.25) is 0 Å². The maximum atomic E-state index is 10.5. The van der Waals surface area contributed by atoms with Gasteiger partial charge in [-0.25, -0.2) is 0 Å². The van der Waals surface area contributed by atoms with Crippen LogP contribution < -0.4 is 0 Å². The van der Waals surface area contributed by atoms with Gasteiger partial charge < -0.3 is 10.2 Å². The fraction of sp³-hybridized carbons (Fsp3) is 0.440. The van der Waals surface area contributed by atoms with Crippen LogP contribution in [0.15, 0.2) is 166 Å². The van der Waals surface area contributed by atoms with Crippen LogP contribution in [0.4, 0.5) is 0 Å². The number of hydrogen-bond donors (Lipinski definition) is 2. The Morgan fingerprint density at radius 2 is 1.17 bits per heavy atom. The molecule has 2 heteroatoms. The lowest BCUT2D eigenvalue weighted by atomic mass is 9.64. The van der Waals surface area contributed by atoms with Crippen molar-refractivity contribution in [2.45, 2.75) is 121 Å². The Labute approximate surface area is 320 Å². The summed E-state index contributed by atoms with van der Waals surface area (Å²) in [4.78, 5) is 0. The SMILES string of the molecule is CC(C)=CCC1CCC(C)=C(/C=C/C(C)=C/C=C/C(C)=C/C=C/C=C(C)/C=C/C=C(C)/C=C/C=C(C)/C=C/C(C/C=C(\C)CO)C(C)(C)O)C1(C)C. The molecule has 0 fully saturated rings. The highest BCUT2D eigenvalue weighted by Gasteiger charge is 2.35. The third-order valence-corrected chi connectivity index (χ3v) is 9.82. The summed E-state index contributed by atoms with van der Waals surface area (Å²) in [5, 5.41) is 19.8. The summed E-state index contributed by atoms with van der Waals surface area (Å²) >= 11 is 0. The minimum Gasteiger partial charge on any atom is -0.392 e. The van der Waals surface area contributed by atoms with Crippen LogP contribution in [0.1, 0.15) is 116 Å². The molecule has 1 aliphatic carbocycles. The van der Waals surface area contributed by atoms with Crippen LogP contribution in [0.2, 0.25) is 0 Å². The molecule has 0 radical (unpaired) electrons. The Morgan fingerprint density at radius 3 is 1.63 bits per heavy atom. The summed E-state index contributed by atoms with van der Waals surface area (Å²) in [5.41, 5.74) is 10.6. The van der Waals surface area contributed by atoms with Crippen LogP contribution in [0, 0.1) is 17.3 Å². The Bertz CT molecular complexity index is 1580. The number of allylic oxidation sites excluding steroid dienone is 26. The molecule has 0 aromatic heterocycles. The van der Waals surface area contributed by atoms with Crippen molar-refractivity contribution in [1.29, 1.82) is 0 Å². The van der Waals surface area contributed by atoms with Crippen LogP contribution in [-0.2, 0) is 0 Å². The fourth-order valence-electron chi connectivity index (χ4n) is 6.03. The second kappa shape index (κ2) is 23.8. The lowest BCUT2D eigenvalue weighted by Gasteiger charge is -2.41. The zero-order valence-corrected chi connectivity index (χ0v) is 35.1. The van der Waals surface area contributed by atoms with Gasteiger partial charge in [0.15, 0.2) is 0 Å². The van der Waals surface area contributed by atoms with Crippen molar-refractivity contribution in [3.63, 3.8) is 0 Å². The molecule has 0 saturated carbocycles. The van der Waals surface area contributed by atoms with E-state index in [1.54, 1.807) is 0 Å². The minimum absolute atomic E-state index is 0.0330.